The molecule has 0 aliphatic carbocycles. The molecular formula is C16H20ClNO3. The zero-order valence-electron chi connectivity index (χ0n) is 12.4. The second-order valence-corrected chi connectivity index (χ2v) is 6.56. The van der Waals surface area contributed by atoms with Gasteiger partial charge in [0.1, 0.15) is 0 Å². The molecule has 1 aromatic carbocycles. The number of nitrogens with zero attached hydrogens (tertiary/aromatic N) is 1. The van der Waals surface area contributed by atoms with Gasteiger partial charge in [-0.1, -0.05) is 11.6 Å². The molecule has 1 amide bonds. The van der Waals surface area contributed by atoms with E-state index in [9.17, 15) is 4.79 Å². The molecule has 0 N–H and O–H groups in total. The number of amides is 1. The third-order valence-electron chi connectivity index (χ3n) is 4.65. The van der Waals surface area contributed by atoms with Crippen LogP contribution in [0.4, 0.5) is 0 Å². The number of likely N-dealkylation sites (tertiary alicyclic amines) is 1. The van der Waals surface area contributed by atoms with Crippen LogP contribution in [0.1, 0.15) is 15.9 Å². The highest BCUT2D eigenvalue weighted by atomic mass is 35.5. The lowest BCUT2D eigenvalue weighted by atomic mass is 9.82. The average Bonchev–Trinajstić information content (AvgIpc) is 2.98. The van der Waals surface area contributed by atoms with E-state index >= 15 is 0 Å². The maximum atomic E-state index is 12.7. The van der Waals surface area contributed by atoms with Crippen LogP contribution >= 0.6 is 11.6 Å². The largest absolute Gasteiger partial charge is 0.384 e. The predicted molar refractivity (Wildman–Crippen MR) is 80.7 cm³/mol. The number of carbonyl (C=O) groups excluding carboxylic acids is 1. The van der Waals surface area contributed by atoms with Crippen molar-refractivity contribution in [2.45, 2.75) is 6.92 Å². The fourth-order valence-electron chi connectivity index (χ4n) is 3.44. The van der Waals surface area contributed by atoms with E-state index in [1.807, 2.05) is 17.9 Å². The Balaban J connectivity index is 1.79. The molecule has 2 aliphatic rings. The highest BCUT2D eigenvalue weighted by Gasteiger charge is 2.51. The van der Waals surface area contributed by atoms with Crippen molar-refractivity contribution in [1.82, 2.24) is 4.90 Å². The topological polar surface area (TPSA) is 38.8 Å². The zero-order chi connectivity index (χ0) is 15.0. The smallest absolute Gasteiger partial charge is 0.253 e. The number of benzene rings is 1. The van der Waals surface area contributed by atoms with Crippen LogP contribution < -0.4 is 0 Å². The quantitative estimate of drug-likeness (QED) is 0.860. The average molecular weight is 310 g/mol. The number of hydrogen-bond donors (Lipinski definition) is 0. The predicted octanol–water partition coefficient (Wildman–Crippen LogP) is 2.38. The first-order valence-corrected chi connectivity index (χ1v) is 7.56. The van der Waals surface area contributed by atoms with Crippen LogP contribution in [0.3, 0.4) is 0 Å². The number of methoxy groups -OCH3 is 1. The van der Waals surface area contributed by atoms with Gasteiger partial charge in [-0.05, 0) is 30.7 Å². The summed E-state index contributed by atoms with van der Waals surface area (Å²) >= 11 is 6.03. The van der Waals surface area contributed by atoms with Crippen LogP contribution in [0.25, 0.3) is 0 Å². The third-order valence-corrected chi connectivity index (χ3v) is 5.07. The Morgan fingerprint density at radius 3 is 3.10 bits per heavy atom. The molecule has 2 atom stereocenters. The second kappa shape index (κ2) is 5.59. The van der Waals surface area contributed by atoms with Gasteiger partial charge in [0.2, 0.25) is 0 Å². The molecule has 0 aromatic heterocycles. The summed E-state index contributed by atoms with van der Waals surface area (Å²) in [5, 5.41) is 0.689. The van der Waals surface area contributed by atoms with Crippen molar-refractivity contribution >= 4 is 17.5 Å². The van der Waals surface area contributed by atoms with Crippen molar-refractivity contribution < 1.29 is 14.3 Å². The van der Waals surface area contributed by atoms with E-state index in [1.54, 1.807) is 19.2 Å². The highest BCUT2D eigenvalue weighted by molar-refractivity contribution is 6.31. The molecule has 2 aliphatic heterocycles. The monoisotopic (exact) mass is 309 g/mol. The van der Waals surface area contributed by atoms with Crippen LogP contribution in [-0.2, 0) is 9.47 Å². The lowest BCUT2D eigenvalue weighted by Gasteiger charge is -2.26. The molecular weight excluding hydrogens is 290 g/mol. The number of carbonyl (C=O) groups is 1. The van der Waals surface area contributed by atoms with Crippen LogP contribution in [-0.4, -0.2) is 50.8 Å². The summed E-state index contributed by atoms with van der Waals surface area (Å²) in [7, 11) is 1.71. The maximum Gasteiger partial charge on any atom is 0.253 e. The van der Waals surface area contributed by atoms with Gasteiger partial charge in [0.05, 0.1) is 19.8 Å². The maximum absolute atomic E-state index is 12.7. The van der Waals surface area contributed by atoms with E-state index < -0.39 is 0 Å². The van der Waals surface area contributed by atoms with Gasteiger partial charge in [0, 0.05) is 42.1 Å². The minimum Gasteiger partial charge on any atom is -0.384 e. The molecule has 3 rings (SSSR count). The number of aryl methyl sites for hydroxylation is 1. The Bertz CT molecular complexity index is 562. The van der Waals surface area contributed by atoms with Gasteiger partial charge >= 0.3 is 0 Å². The first kappa shape index (κ1) is 14.8. The van der Waals surface area contributed by atoms with Gasteiger partial charge in [0.15, 0.2) is 0 Å². The van der Waals surface area contributed by atoms with Crippen LogP contribution in [0, 0.1) is 18.3 Å². The molecule has 2 fully saturated rings. The van der Waals surface area contributed by atoms with E-state index in [0.717, 1.165) is 12.1 Å². The van der Waals surface area contributed by atoms with Gasteiger partial charge in [-0.25, -0.2) is 0 Å². The van der Waals surface area contributed by atoms with E-state index in [2.05, 4.69) is 0 Å². The molecule has 2 saturated heterocycles. The second-order valence-electron chi connectivity index (χ2n) is 6.16. The Kier molecular flexibility index (Phi) is 3.95. The molecule has 114 valence electrons. The Morgan fingerprint density at radius 1 is 1.57 bits per heavy atom. The fraction of sp³-hybridized carbons (Fsp3) is 0.562. The summed E-state index contributed by atoms with van der Waals surface area (Å²) in [6.45, 7) is 5.39. The molecule has 2 heterocycles. The van der Waals surface area contributed by atoms with Crippen molar-refractivity contribution in [1.29, 1.82) is 0 Å². The van der Waals surface area contributed by atoms with Crippen LogP contribution in [0.5, 0.6) is 0 Å². The van der Waals surface area contributed by atoms with Crippen LogP contribution in [0.2, 0.25) is 5.02 Å². The summed E-state index contributed by atoms with van der Waals surface area (Å²) < 4.78 is 11.0. The van der Waals surface area contributed by atoms with Crippen molar-refractivity contribution in [3.63, 3.8) is 0 Å². The normalized spacial score (nSPS) is 28.0. The lowest BCUT2D eigenvalue weighted by molar-refractivity contribution is 0.0489. The Hall–Kier alpha value is -1.10. The Morgan fingerprint density at radius 2 is 2.38 bits per heavy atom. The number of halogens is 1. The van der Waals surface area contributed by atoms with Crippen LogP contribution in [0.15, 0.2) is 18.2 Å². The highest BCUT2D eigenvalue weighted by Crippen LogP contribution is 2.41. The lowest BCUT2D eigenvalue weighted by Crippen LogP contribution is -2.37. The summed E-state index contributed by atoms with van der Waals surface area (Å²) in [5.41, 5.74) is 1.59. The SMILES string of the molecule is COC[C@@]12COC[C@@H]1CN(C(=O)c1ccc(Cl)c(C)c1)C2. The van der Waals surface area contributed by atoms with Crippen molar-refractivity contribution in [3.05, 3.63) is 34.3 Å². The third kappa shape index (κ3) is 2.56. The van der Waals surface area contributed by atoms with E-state index in [4.69, 9.17) is 21.1 Å². The minimum absolute atomic E-state index is 0.0358. The van der Waals surface area contributed by atoms with Crippen molar-refractivity contribution in [3.8, 4) is 0 Å². The number of ether oxygens (including phenoxy) is 2. The van der Waals surface area contributed by atoms with Gasteiger partial charge in [-0.3, -0.25) is 4.79 Å². The van der Waals surface area contributed by atoms with Gasteiger partial charge in [-0.15, -0.1) is 0 Å². The standard InChI is InChI=1S/C16H20ClNO3/c1-11-5-12(3-4-14(11)17)15(19)18-6-13-7-21-10-16(13,8-18)9-20-2/h3-5,13H,6-10H2,1-2H3/t13-,16-/m0/s1. The number of rotatable bonds is 3. The van der Waals surface area contributed by atoms with E-state index in [1.165, 1.54) is 0 Å². The van der Waals surface area contributed by atoms with E-state index in [-0.39, 0.29) is 11.3 Å². The Labute approximate surface area is 130 Å². The van der Waals surface area contributed by atoms with Crippen molar-refractivity contribution in [2.24, 2.45) is 11.3 Å². The zero-order valence-corrected chi connectivity index (χ0v) is 13.2. The van der Waals surface area contributed by atoms with Gasteiger partial charge < -0.3 is 14.4 Å². The van der Waals surface area contributed by atoms with Gasteiger partial charge in [0.25, 0.3) is 5.91 Å². The first-order chi connectivity index (χ1) is 10.1. The molecule has 0 spiro atoms. The molecule has 0 unspecified atom stereocenters. The molecule has 0 bridgehead atoms. The van der Waals surface area contributed by atoms with E-state index in [0.29, 0.717) is 42.9 Å². The van der Waals surface area contributed by atoms with Gasteiger partial charge in [-0.2, -0.15) is 0 Å². The summed E-state index contributed by atoms with van der Waals surface area (Å²) in [6, 6.07) is 5.44. The van der Waals surface area contributed by atoms with Crippen molar-refractivity contribution in [2.75, 3.05) is 40.0 Å². The molecule has 0 radical (unpaired) electrons. The minimum atomic E-state index is -0.0358. The first-order valence-electron chi connectivity index (χ1n) is 7.18. The molecule has 0 saturated carbocycles. The molecule has 5 heteroatoms. The number of fused-ring (bicyclic) bond motifs is 1. The molecule has 21 heavy (non-hydrogen) atoms. The molecule has 4 nitrogen and oxygen atoms in total. The summed E-state index contributed by atoms with van der Waals surface area (Å²) in [4.78, 5) is 14.6. The molecule has 1 aromatic rings. The summed E-state index contributed by atoms with van der Waals surface area (Å²) in [5.74, 6) is 0.439. The number of hydrogen-bond acceptors (Lipinski definition) is 3. The summed E-state index contributed by atoms with van der Waals surface area (Å²) in [6.07, 6.45) is 0. The fourth-order valence-corrected chi connectivity index (χ4v) is 3.56.